The molecular weight excluding hydrogens is 137 g/mol. The summed E-state index contributed by atoms with van der Waals surface area (Å²) in [5.74, 6) is 0. The zero-order valence-corrected chi connectivity index (χ0v) is 7.42. The van der Waals surface area contributed by atoms with Crippen molar-refractivity contribution in [3.63, 3.8) is 0 Å². The summed E-state index contributed by atoms with van der Waals surface area (Å²) in [5.41, 5.74) is 0. The van der Waals surface area contributed by atoms with Gasteiger partial charge in [-0.2, -0.15) is 0 Å². The third-order valence-corrected chi connectivity index (χ3v) is 1.48. The van der Waals surface area contributed by atoms with Gasteiger partial charge in [-0.05, 0) is 0 Å². The third-order valence-electron chi connectivity index (χ3n) is 1.48. The summed E-state index contributed by atoms with van der Waals surface area (Å²) in [6.07, 6.45) is 5.94. The molecule has 0 amide bonds. The third kappa shape index (κ3) is 4.90. The van der Waals surface area contributed by atoms with Gasteiger partial charge in [0.15, 0.2) is 0 Å². The summed E-state index contributed by atoms with van der Waals surface area (Å²) in [7, 11) is 0.958. The van der Waals surface area contributed by atoms with Gasteiger partial charge in [0, 0.05) is 0 Å². The molecule has 2 nitrogen and oxygen atoms in total. The predicted molar refractivity (Wildman–Crippen MR) is 48.0 cm³/mol. The van der Waals surface area contributed by atoms with Crippen LogP contribution in [-0.4, -0.2) is 31.6 Å². The summed E-state index contributed by atoms with van der Waals surface area (Å²) >= 11 is 0. The van der Waals surface area contributed by atoms with Crippen LogP contribution in [0.1, 0.15) is 20.3 Å². The van der Waals surface area contributed by atoms with Gasteiger partial charge >= 0.3 is 54.9 Å². The van der Waals surface area contributed by atoms with E-state index in [9.17, 15) is 4.70 Å². The van der Waals surface area contributed by atoms with Gasteiger partial charge in [0.2, 0.25) is 0 Å². The van der Waals surface area contributed by atoms with Gasteiger partial charge in [-0.3, -0.25) is 0 Å². The molecule has 0 aromatic carbocycles. The van der Waals surface area contributed by atoms with E-state index in [2.05, 4.69) is 17.1 Å². The first-order chi connectivity index (χ1) is 5.43. The quantitative estimate of drug-likeness (QED) is 0.440. The molecule has 62 valence electrons. The number of nitrogens with zero attached hydrogens (tertiary/aromatic N) is 1. The average molecular weight is 153 g/mol. The van der Waals surface area contributed by atoms with E-state index in [4.69, 9.17) is 0 Å². The standard InChI is InChI=1S/C6H10BNO.C2H6/c9-7-6-8-4-2-1-3-5-8;1-2/h1-2H,3-6H2;1-2H3. The molecule has 0 aromatic rings. The van der Waals surface area contributed by atoms with Gasteiger partial charge in [0.1, 0.15) is 0 Å². The van der Waals surface area contributed by atoms with E-state index < -0.39 is 0 Å². The minimum atomic E-state index is 0.588. The van der Waals surface area contributed by atoms with E-state index in [1.807, 2.05) is 13.8 Å². The van der Waals surface area contributed by atoms with Crippen molar-refractivity contribution < 1.29 is 4.70 Å². The molecule has 1 aliphatic heterocycles. The van der Waals surface area contributed by atoms with Gasteiger partial charge < -0.3 is 0 Å². The van der Waals surface area contributed by atoms with E-state index in [1.165, 1.54) is 0 Å². The molecule has 0 unspecified atom stereocenters. The Morgan fingerprint density at radius 1 is 1.45 bits per heavy atom. The van der Waals surface area contributed by atoms with Crippen LogP contribution in [0.5, 0.6) is 0 Å². The molecule has 1 rings (SSSR count). The van der Waals surface area contributed by atoms with Gasteiger partial charge in [0.25, 0.3) is 0 Å². The summed E-state index contributed by atoms with van der Waals surface area (Å²) in [6.45, 7) is 5.98. The first-order valence-electron chi connectivity index (χ1n) is 4.24. The van der Waals surface area contributed by atoms with Crippen LogP contribution in [0.25, 0.3) is 0 Å². The van der Waals surface area contributed by atoms with Crippen LogP contribution >= 0.6 is 0 Å². The Hall–Kier alpha value is -0.435. The van der Waals surface area contributed by atoms with Crippen LogP contribution in [0.2, 0.25) is 0 Å². The van der Waals surface area contributed by atoms with Gasteiger partial charge in [0.05, 0.1) is 0 Å². The molecule has 0 atom stereocenters. The van der Waals surface area contributed by atoms with Gasteiger partial charge in [-0.25, -0.2) is 0 Å². The molecule has 0 N–H and O–H groups in total. The predicted octanol–water partition coefficient (Wildman–Crippen LogP) is 1.28. The van der Waals surface area contributed by atoms with Crippen molar-refractivity contribution in [3.05, 3.63) is 12.2 Å². The molecular formula is C8H16BNO. The van der Waals surface area contributed by atoms with E-state index in [0.717, 1.165) is 26.7 Å². The average Bonchev–Trinajstić information content (AvgIpc) is 2.11. The second-order valence-electron chi connectivity index (χ2n) is 2.19. The number of hydrogen-bond acceptors (Lipinski definition) is 2. The molecule has 11 heavy (non-hydrogen) atoms. The maximum atomic E-state index is 10.0. The first kappa shape index (κ1) is 10.6. The van der Waals surface area contributed by atoms with Gasteiger partial charge in [-0.1, -0.05) is 13.8 Å². The molecule has 1 aliphatic rings. The van der Waals surface area contributed by atoms with E-state index >= 15 is 0 Å². The fourth-order valence-corrected chi connectivity index (χ4v) is 0.961. The Morgan fingerprint density at radius 2 is 2.18 bits per heavy atom. The number of hydrogen-bond donors (Lipinski definition) is 0. The van der Waals surface area contributed by atoms with E-state index in [0.29, 0.717) is 6.44 Å². The summed E-state index contributed by atoms with van der Waals surface area (Å²) in [6, 6.07) is 0. The van der Waals surface area contributed by atoms with Crippen molar-refractivity contribution in [2.24, 2.45) is 0 Å². The topological polar surface area (TPSA) is 20.3 Å². The Kier molecular flexibility index (Phi) is 7.37. The first-order valence-corrected chi connectivity index (χ1v) is 4.24. The van der Waals surface area contributed by atoms with E-state index in [1.54, 1.807) is 0 Å². The zero-order valence-electron chi connectivity index (χ0n) is 7.42. The zero-order chi connectivity index (χ0) is 8.53. The SMILES string of the molecule is CC.O=BCN1CC=CCC1. The normalized spacial score (nSPS) is 16.5. The maximum absolute atomic E-state index is 10.0. The Balaban J connectivity index is 0.000000461. The monoisotopic (exact) mass is 153 g/mol. The van der Waals surface area contributed by atoms with Gasteiger partial charge in [-0.15, -0.1) is 0 Å². The Bertz CT molecular complexity index is 125. The summed E-state index contributed by atoms with van der Waals surface area (Å²) < 4.78 is 10.0. The van der Waals surface area contributed by atoms with Crippen molar-refractivity contribution in [2.75, 3.05) is 19.5 Å². The molecule has 3 heteroatoms. The second-order valence-corrected chi connectivity index (χ2v) is 2.19. The Morgan fingerprint density at radius 3 is 2.64 bits per heavy atom. The molecule has 1 heterocycles. The molecule has 0 aromatic heterocycles. The fourth-order valence-electron chi connectivity index (χ4n) is 0.961. The summed E-state index contributed by atoms with van der Waals surface area (Å²) in [4.78, 5) is 2.12. The summed E-state index contributed by atoms with van der Waals surface area (Å²) in [5, 5.41) is 0. The van der Waals surface area contributed by atoms with Crippen LogP contribution in [-0.2, 0) is 4.70 Å². The van der Waals surface area contributed by atoms with Crippen LogP contribution in [0, 0.1) is 0 Å². The molecule has 0 aliphatic carbocycles. The Labute approximate surface area is 69.5 Å². The number of rotatable bonds is 2. The molecule has 0 spiro atoms. The van der Waals surface area contributed by atoms with Crippen molar-refractivity contribution in [2.45, 2.75) is 20.3 Å². The van der Waals surface area contributed by atoms with Crippen LogP contribution in [0.3, 0.4) is 0 Å². The second kappa shape index (κ2) is 7.67. The molecule has 0 fully saturated rings. The van der Waals surface area contributed by atoms with Crippen molar-refractivity contribution in [3.8, 4) is 0 Å². The molecule has 0 radical (unpaired) electrons. The molecule has 0 saturated carbocycles. The van der Waals surface area contributed by atoms with E-state index in [-0.39, 0.29) is 0 Å². The van der Waals surface area contributed by atoms with Crippen LogP contribution < -0.4 is 0 Å². The molecule has 0 bridgehead atoms. The molecule has 0 saturated heterocycles. The van der Waals surface area contributed by atoms with Crippen LogP contribution in [0.4, 0.5) is 0 Å². The van der Waals surface area contributed by atoms with Crippen LogP contribution in [0.15, 0.2) is 12.2 Å². The van der Waals surface area contributed by atoms with Crippen molar-refractivity contribution in [1.29, 1.82) is 0 Å². The van der Waals surface area contributed by atoms with Crippen molar-refractivity contribution >= 4 is 7.15 Å². The minimum absolute atomic E-state index is 0.588. The fraction of sp³-hybridized carbons (Fsp3) is 0.750. The van der Waals surface area contributed by atoms with Crippen molar-refractivity contribution in [1.82, 2.24) is 4.90 Å².